The van der Waals surface area contributed by atoms with Crippen molar-refractivity contribution in [1.29, 1.82) is 0 Å². The van der Waals surface area contributed by atoms with Gasteiger partial charge in [0.2, 0.25) is 0 Å². The molecule has 0 unspecified atom stereocenters. The second-order valence-corrected chi connectivity index (χ2v) is 1.55. The van der Waals surface area contributed by atoms with Crippen molar-refractivity contribution >= 4 is 46.6 Å². The van der Waals surface area contributed by atoms with Gasteiger partial charge in [-0.1, -0.05) is 0 Å². The molecule has 3 nitrogen and oxygen atoms in total. The van der Waals surface area contributed by atoms with E-state index in [1.54, 1.807) is 0 Å². The molecule has 0 aromatic rings. The van der Waals surface area contributed by atoms with Gasteiger partial charge in [-0.25, -0.2) is 0 Å². The number of rotatable bonds is 0. The van der Waals surface area contributed by atoms with Crippen LogP contribution >= 0.6 is 0 Å². The summed E-state index contributed by atoms with van der Waals surface area (Å²) in [5.74, 6) is 0. The molecule has 0 aromatic carbocycles. The van der Waals surface area contributed by atoms with Crippen molar-refractivity contribution in [3.8, 4) is 0 Å². The van der Waals surface area contributed by atoms with E-state index in [4.69, 9.17) is 10.0 Å². The zero-order chi connectivity index (χ0) is 3.58. The fourth-order valence-corrected chi connectivity index (χ4v) is 0. The second-order valence-electron chi connectivity index (χ2n) is 0.231. The van der Waals surface area contributed by atoms with Crippen molar-refractivity contribution in [2.45, 2.75) is 0 Å². The minimum Gasteiger partial charge on any atom is 0 e. The van der Waals surface area contributed by atoms with Gasteiger partial charge in [0.25, 0.3) is 0 Å². The Bertz CT molecular complexity index is 33.8. The van der Waals surface area contributed by atoms with Gasteiger partial charge < -0.3 is 0 Å². The van der Waals surface area contributed by atoms with Crippen molar-refractivity contribution in [2.24, 2.45) is 0 Å². The van der Waals surface area contributed by atoms with Crippen molar-refractivity contribution in [3.63, 3.8) is 0 Å². The van der Waals surface area contributed by atoms with Crippen LogP contribution in [-0.4, -0.2) is 53.5 Å². The van der Waals surface area contributed by atoms with Crippen LogP contribution in [0.15, 0.2) is 0 Å². The van der Waals surface area contributed by atoms with E-state index in [1.807, 2.05) is 0 Å². The van der Waals surface area contributed by atoms with E-state index in [1.165, 1.54) is 0 Å². The maximum atomic E-state index is 8.81. The van der Waals surface area contributed by atoms with E-state index in [0.29, 0.717) is 0 Å². The minimum absolute atomic E-state index is 0. The first-order valence-electron chi connectivity index (χ1n) is 0.532. The van der Waals surface area contributed by atoms with E-state index in [9.17, 15) is 0 Å². The normalized spacial score (nSPS) is 5.83. The first kappa shape index (κ1) is 15.7. The van der Waals surface area contributed by atoms with Gasteiger partial charge in [-0.3, -0.25) is 0 Å². The molecule has 0 amide bonds. The first-order valence-corrected chi connectivity index (χ1v) is 3.57. The van der Waals surface area contributed by atoms with E-state index in [2.05, 4.69) is 0 Å². The van der Waals surface area contributed by atoms with Gasteiger partial charge in [0.05, 0.1) is 0 Å². The molecule has 0 rings (SSSR count). The van der Waals surface area contributed by atoms with Gasteiger partial charge in [-0.05, 0) is 0 Å². The van der Waals surface area contributed by atoms with Crippen LogP contribution in [0.5, 0.6) is 0 Å². The van der Waals surface area contributed by atoms with Crippen molar-refractivity contribution < 1.29 is 31.1 Å². The van der Waals surface area contributed by atoms with E-state index in [0.717, 1.165) is 0 Å². The molecule has 0 aliphatic rings. The van der Waals surface area contributed by atoms with E-state index < -0.39 is 20.4 Å². The molecular weight excluding hydrogens is 568 g/mol. The molecule has 0 aliphatic heterocycles. The molecular formula is H5BiO3TeW. The Kier molecular flexibility index (Phi) is 26.5. The summed E-state index contributed by atoms with van der Waals surface area (Å²) in [5, 5.41) is 0. The predicted octanol–water partition coefficient (Wildman–Crippen LogP) is -2.80. The molecule has 0 bridgehead atoms. The summed E-state index contributed by atoms with van der Waals surface area (Å²) in [6, 6.07) is 0. The third-order valence-corrected chi connectivity index (χ3v) is 0. The monoisotopic (exact) mass is 576 g/mol. The summed E-state index contributed by atoms with van der Waals surface area (Å²) in [6.07, 6.45) is 0. The standard InChI is InChI=1S/Bi.H2O3Te.W.3H/c;1-4(2)3;;;;/h;(H2,1,2,3);;;;. The van der Waals surface area contributed by atoms with Gasteiger partial charge >= 0.3 is 56.6 Å². The molecule has 0 spiro atoms. The Morgan fingerprint density at radius 1 is 1.33 bits per heavy atom. The summed E-state index contributed by atoms with van der Waals surface area (Å²) < 4.78 is 23.3. The molecule has 40 valence electrons. The average Bonchev–Trinajstić information content (AvgIpc) is 0.811. The molecule has 0 saturated carbocycles. The van der Waals surface area contributed by atoms with E-state index in [-0.39, 0.29) is 47.3 Å². The molecule has 0 heterocycles. The summed E-state index contributed by atoms with van der Waals surface area (Å²) in [6.45, 7) is 0. The SMILES string of the molecule is O=[Te](O)O.[BiH3].[W]. The Morgan fingerprint density at radius 2 is 1.33 bits per heavy atom. The number of hydrogen-bond donors (Lipinski definition) is 2. The molecule has 0 aromatic heterocycles. The second kappa shape index (κ2) is 10.1. The van der Waals surface area contributed by atoms with Crippen LogP contribution in [-0.2, 0) is 24.2 Å². The van der Waals surface area contributed by atoms with Crippen LogP contribution < -0.4 is 0 Å². The zero-order valence-electron chi connectivity index (χ0n) is 2.83. The molecule has 2 N–H and O–H groups in total. The predicted molar refractivity (Wildman–Crippen MR) is 20.8 cm³/mol. The molecule has 0 aliphatic carbocycles. The topological polar surface area (TPSA) is 57.5 Å². The Morgan fingerprint density at radius 3 is 1.33 bits per heavy atom. The summed E-state index contributed by atoms with van der Waals surface area (Å²) >= 11 is -3.61. The van der Waals surface area contributed by atoms with Crippen LogP contribution in [0, 0.1) is 0 Å². The van der Waals surface area contributed by atoms with Crippen LogP contribution in [0.2, 0.25) is 0 Å². The first-order chi connectivity index (χ1) is 1.73. The third-order valence-electron chi connectivity index (χ3n) is 0. The van der Waals surface area contributed by atoms with Crippen molar-refractivity contribution in [1.82, 2.24) is 0 Å². The number of hydrogen-bond acceptors (Lipinski definition) is 1. The fourth-order valence-electron chi connectivity index (χ4n) is 0. The van der Waals surface area contributed by atoms with Crippen LogP contribution in [0.1, 0.15) is 0 Å². The Hall–Kier alpha value is 2.08. The largest absolute Gasteiger partial charge is 0 e. The average molecular weight is 573 g/mol. The molecule has 6 heavy (non-hydrogen) atoms. The molecule has 0 atom stereocenters. The molecule has 6 heteroatoms. The van der Waals surface area contributed by atoms with Gasteiger partial charge in [-0.15, -0.1) is 0 Å². The van der Waals surface area contributed by atoms with Crippen LogP contribution in [0.3, 0.4) is 0 Å². The molecule has 0 saturated heterocycles. The van der Waals surface area contributed by atoms with Gasteiger partial charge in [0.15, 0.2) is 0 Å². The Balaban J connectivity index is -0.0000000450. The van der Waals surface area contributed by atoms with Crippen molar-refractivity contribution in [3.05, 3.63) is 0 Å². The summed E-state index contributed by atoms with van der Waals surface area (Å²) in [4.78, 5) is 0. The summed E-state index contributed by atoms with van der Waals surface area (Å²) in [7, 11) is 0. The van der Waals surface area contributed by atoms with Gasteiger partial charge in [0.1, 0.15) is 0 Å². The van der Waals surface area contributed by atoms with Crippen LogP contribution in [0.25, 0.3) is 0 Å². The maximum Gasteiger partial charge on any atom is 0 e. The van der Waals surface area contributed by atoms with Gasteiger partial charge in [-0.2, -0.15) is 0 Å². The molecule has 0 fully saturated rings. The van der Waals surface area contributed by atoms with Gasteiger partial charge in [0, 0.05) is 21.1 Å². The minimum atomic E-state index is -3.61. The third kappa shape index (κ3) is 36.3. The maximum absolute atomic E-state index is 8.81. The Labute approximate surface area is 76.6 Å². The summed E-state index contributed by atoms with van der Waals surface area (Å²) in [5.41, 5.74) is 0. The van der Waals surface area contributed by atoms with Crippen molar-refractivity contribution in [2.75, 3.05) is 0 Å². The molecule has 0 radical (unpaired) electrons. The van der Waals surface area contributed by atoms with Crippen LogP contribution in [0.4, 0.5) is 0 Å². The fraction of sp³-hybridized carbons (Fsp3) is 0. The zero-order valence-corrected chi connectivity index (χ0v) is 13.6. The quantitative estimate of drug-likeness (QED) is 0.308. The van der Waals surface area contributed by atoms with E-state index >= 15 is 0 Å². The smallest absolute Gasteiger partial charge is 0 e.